The minimum Gasteiger partial charge on any atom is -0.497 e. The molecule has 0 radical (unpaired) electrons. The van der Waals surface area contributed by atoms with Gasteiger partial charge in [-0.05, 0) is 30.5 Å². The van der Waals surface area contributed by atoms with Gasteiger partial charge in [-0.25, -0.2) is 0 Å². The fourth-order valence-electron chi connectivity index (χ4n) is 5.29. The van der Waals surface area contributed by atoms with E-state index in [0.29, 0.717) is 37.7 Å². The molecule has 3 heterocycles. The number of nitrogens with zero attached hydrogens (tertiary/aromatic N) is 3. The second kappa shape index (κ2) is 8.40. The number of amides is 3. The van der Waals surface area contributed by atoms with E-state index in [2.05, 4.69) is 0 Å². The number of carbonyl (C=O) groups excluding carboxylic acids is 3. The van der Waals surface area contributed by atoms with Crippen molar-refractivity contribution in [3.63, 3.8) is 0 Å². The van der Waals surface area contributed by atoms with E-state index in [4.69, 9.17) is 9.47 Å². The van der Waals surface area contributed by atoms with Crippen LogP contribution in [0.2, 0.25) is 0 Å². The SMILES string of the molecule is COc1cc(CC(=O)N2C[C@@H]3CN(C(C)=O)C[C@]3(C(=O)N3CCCC3)C2)cc(OC)c1. The number of carbonyl (C=O) groups is 3. The molecule has 0 aliphatic carbocycles. The first-order valence-electron chi connectivity index (χ1n) is 10.9. The maximum absolute atomic E-state index is 13.5. The van der Waals surface area contributed by atoms with Crippen LogP contribution in [0.15, 0.2) is 18.2 Å². The first-order chi connectivity index (χ1) is 14.9. The topological polar surface area (TPSA) is 79.4 Å². The summed E-state index contributed by atoms with van der Waals surface area (Å²) < 4.78 is 10.6. The summed E-state index contributed by atoms with van der Waals surface area (Å²) in [6, 6.07) is 5.44. The number of rotatable bonds is 5. The number of ether oxygens (including phenoxy) is 2. The van der Waals surface area contributed by atoms with Crippen LogP contribution in [0.3, 0.4) is 0 Å². The lowest BCUT2D eigenvalue weighted by atomic mass is 9.79. The fourth-order valence-corrected chi connectivity index (χ4v) is 5.29. The summed E-state index contributed by atoms with van der Waals surface area (Å²) >= 11 is 0. The van der Waals surface area contributed by atoms with E-state index >= 15 is 0 Å². The van der Waals surface area contributed by atoms with Crippen molar-refractivity contribution < 1.29 is 23.9 Å². The Labute approximate surface area is 183 Å². The van der Waals surface area contributed by atoms with Crippen LogP contribution in [0.5, 0.6) is 11.5 Å². The number of fused-ring (bicyclic) bond motifs is 1. The monoisotopic (exact) mass is 429 g/mol. The summed E-state index contributed by atoms with van der Waals surface area (Å²) in [7, 11) is 3.16. The van der Waals surface area contributed by atoms with E-state index < -0.39 is 5.41 Å². The molecule has 168 valence electrons. The smallest absolute Gasteiger partial charge is 0.232 e. The fraction of sp³-hybridized carbons (Fsp3) is 0.609. The van der Waals surface area contributed by atoms with Crippen LogP contribution in [0, 0.1) is 11.3 Å². The van der Waals surface area contributed by atoms with E-state index in [1.54, 1.807) is 32.1 Å². The van der Waals surface area contributed by atoms with Gasteiger partial charge in [0.2, 0.25) is 17.7 Å². The molecule has 3 amide bonds. The average Bonchev–Trinajstić information content (AvgIpc) is 3.47. The second-order valence-corrected chi connectivity index (χ2v) is 8.92. The third-order valence-corrected chi connectivity index (χ3v) is 6.99. The second-order valence-electron chi connectivity index (χ2n) is 8.92. The molecule has 31 heavy (non-hydrogen) atoms. The van der Waals surface area contributed by atoms with Crippen LogP contribution >= 0.6 is 0 Å². The van der Waals surface area contributed by atoms with Crippen molar-refractivity contribution in [3.05, 3.63) is 23.8 Å². The van der Waals surface area contributed by atoms with Gasteiger partial charge in [0.05, 0.1) is 26.1 Å². The van der Waals surface area contributed by atoms with Crippen molar-refractivity contribution >= 4 is 17.7 Å². The Kier molecular flexibility index (Phi) is 5.81. The van der Waals surface area contributed by atoms with E-state index in [1.807, 2.05) is 21.9 Å². The van der Waals surface area contributed by atoms with Gasteiger partial charge in [-0.2, -0.15) is 0 Å². The molecule has 0 spiro atoms. The largest absolute Gasteiger partial charge is 0.497 e. The lowest BCUT2D eigenvalue weighted by molar-refractivity contribution is -0.142. The molecule has 0 saturated carbocycles. The molecule has 1 aromatic carbocycles. The highest BCUT2D eigenvalue weighted by Gasteiger charge is 2.59. The van der Waals surface area contributed by atoms with E-state index in [9.17, 15) is 14.4 Å². The quantitative estimate of drug-likeness (QED) is 0.702. The van der Waals surface area contributed by atoms with E-state index in [-0.39, 0.29) is 30.1 Å². The van der Waals surface area contributed by atoms with Crippen LogP contribution < -0.4 is 9.47 Å². The summed E-state index contributed by atoms with van der Waals surface area (Å²) in [5.41, 5.74) is 0.126. The molecular weight excluding hydrogens is 398 g/mol. The molecule has 2 atom stereocenters. The van der Waals surface area contributed by atoms with Crippen LogP contribution in [0.1, 0.15) is 25.3 Å². The van der Waals surface area contributed by atoms with Crippen molar-refractivity contribution in [1.82, 2.24) is 14.7 Å². The van der Waals surface area contributed by atoms with Crippen molar-refractivity contribution in [3.8, 4) is 11.5 Å². The normalized spacial score (nSPS) is 25.0. The maximum atomic E-state index is 13.5. The standard InChI is InChI=1S/C23H31N3O5/c1-16(27)25-12-18-13-26(15-23(18,14-25)22(29)24-6-4-5-7-24)21(28)10-17-8-19(30-2)11-20(9-17)31-3/h8-9,11,18H,4-7,10,12-15H2,1-3H3/t18-,23-/m0/s1. The van der Waals surface area contributed by atoms with Gasteiger partial charge in [0.15, 0.2) is 0 Å². The van der Waals surface area contributed by atoms with Gasteiger partial charge in [0.1, 0.15) is 11.5 Å². The number of benzene rings is 1. The highest BCUT2D eigenvalue weighted by atomic mass is 16.5. The minimum atomic E-state index is -0.683. The Hall–Kier alpha value is -2.77. The molecule has 1 aromatic rings. The molecule has 0 aromatic heterocycles. The summed E-state index contributed by atoms with van der Waals surface area (Å²) in [6.07, 6.45) is 2.25. The van der Waals surface area contributed by atoms with Gasteiger partial charge in [-0.1, -0.05) is 0 Å². The van der Waals surface area contributed by atoms with Gasteiger partial charge < -0.3 is 24.2 Å². The Morgan fingerprint density at radius 3 is 2.10 bits per heavy atom. The predicted molar refractivity (Wildman–Crippen MR) is 114 cm³/mol. The zero-order valence-corrected chi connectivity index (χ0v) is 18.6. The molecule has 0 N–H and O–H groups in total. The third-order valence-electron chi connectivity index (χ3n) is 6.99. The number of hydrogen-bond acceptors (Lipinski definition) is 5. The molecule has 3 aliphatic heterocycles. The Bertz CT molecular complexity index is 860. The van der Waals surface area contributed by atoms with Gasteiger partial charge in [0, 0.05) is 58.2 Å². The zero-order valence-electron chi connectivity index (χ0n) is 18.6. The van der Waals surface area contributed by atoms with Gasteiger partial charge in [0.25, 0.3) is 0 Å². The number of methoxy groups -OCH3 is 2. The summed E-state index contributed by atoms with van der Waals surface area (Å²) in [4.78, 5) is 44.3. The highest BCUT2D eigenvalue weighted by molar-refractivity contribution is 5.88. The summed E-state index contributed by atoms with van der Waals surface area (Å²) in [5, 5.41) is 0. The Morgan fingerprint density at radius 2 is 1.52 bits per heavy atom. The van der Waals surface area contributed by atoms with Crippen LogP contribution in [-0.4, -0.2) is 85.9 Å². The summed E-state index contributed by atoms with van der Waals surface area (Å²) in [6.45, 7) is 4.90. The molecule has 0 bridgehead atoms. The zero-order chi connectivity index (χ0) is 22.2. The molecule has 3 aliphatic rings. The molecule has 8 heteroatoms. The van der Waals surface area contributed by atoms with Crippen molar-refractivity contribution in [2.45, 2.75) is 26.2 Å². The highest BCUT2D eigenvalue weighted by Crippen LogP contribution is 2.44. The van der Waals surface area contributed by atoms with Gasteiger partial charge in [-0.3, -0.25) is 14.4 Å². The molecule has 3 saturated heterocycles. The van der Waals surface area contributed by atoms with Crippen LogP contribution in [0.25, 0.3) is 0 Å². The van der Waals surface area contributed by atoms with Crippen molar-refractivity contribution in [2.75, 3.05) is 53.5 Å². The molecule has 3 fully saturated rings. The number of likely N-dealkylation sites (tertiary alicyclic amines) is 3. The van der Waals surface area contributed by atoms with Crippen LogP contribution in [-0.2, 0) is 20.8 Å². The predicted octanol–water partition coefficient (Wildman–Crippen LogP) is 1.18. The third kappa shape index (κ3) is 3.95. The molecule has 8 nitrogen and oxygen atoms in total. The summed E-state index contributed by atoms with van der Waals surface area (Å²) in [5.74, 6) is 1.33. The van der Waals surface area contributed by atoms with E-state index in [1.165, 1.54) is 0 Å². The average molecular weight is 430 g/mol. The first kappa shape index (κ1) is 21.5. The number of hydrogen-bond donors (Lipinski definition) is 0. The van der Waals surface area contributed by atoms with Gasteiger partial charge >= 0.3 is 0 Å². The van der Waals surface area contributed by atoms with Crippen molar-refractivity contribution in [2.24, 2.45) is 11.3 Å². The molecular formula is C23H31N3O5. The minimum absolute atomic E-state index is 0.00986. The maximum Gasteiger partial charge on any atom is 0.232 e. The van der Waals surface area contributed by atoms with E-state index in [0.717, 1.165) is 31.5 Å². The van der Waals surface area contributed by atoms with Crippen molar-refractivity contribution in [1.29, 1.82) is 0 Å². The van der Waals surface area contributed by atoms with Gasteiger partial charge in [-0.15, -0.1) is 0 Å². The lowest BCUT2D eigenvalue weighted by Crippen LogP contribution is -2.49. The Morgan fingerprint density at radius 1 is 0.935 bits per heavy atom. The molecule has 0 unspecified atom stereocenters. The molecule has 4 rings (SSSR count). The first-order valence-corrected chi connectivity index (χ1v) is 10.9. The lowest BCUT2D eigenvalue weighted by Gasteiger charge is -2.32. The Balaban J connectivity index is 1.53. The van der Waals surface area contributed by atoms with Crippen LogP contribution in [0.4, 0.5) is 0 Å².